The van der Waals surface area contributed by atoms with Crippen LogP contribution in [0.1, 0.15) is 139 Å². The standard InChI is InChI=1S/C52H55NO3/c1-24-15-32(41-35-22-30(51(9,10)11)17-26-16-28(49(3,4)5)20-33(37(24)41)39(26)35)43-46(54)44(48(56)47(43)55)45-42-36-23-31(52(12,13)14)19-27-18-29(50(6,7)8)21-34(40(27)36)38(42)25(2)53-45/h15-18,20-23,36,53-54H,19H2,1-14H3/b43-32-. The van der Waals surface area contributed by atoms with E-state index in [-0.39, 0.29) is 44.5 Å². The van der Waals surface area contributed by atoms with Gasteiger partial charge in [-0.15, -0.1) is 0 Å². The lowest BCUT2D eigenvalue weighted by atomic mass is 9.72. The highest BCUT2D eigenvalue weighted by Crippen LogP contribution is 2.56. The van der Waals surface area contributed by atoms with Gasteiger partial charge in [0.25, 0.3) is 0 Å². The molecule has 0 bridgehead atoms. The van der Waals surface area contributed by atoms with Crippen molar-refractivity contribution in [2.75, 3.05) is 0 Å². The zero-order chi connectivity index (χ0) is 40.5. The maximum atomic E-state index is 14.5. The summed E-state index contributed by atoms with van der Waals surface area (Å²) < 4.78 is 0. The van der Waals surface area contributed by atoms with E-state index in [1.54, 1.807) is 0 Å². The van der Waals surface area contributed by atoms with Gasteiger partial charge < -0.3 is 10.1 Å². The third-order valence-corrected chi connectivity index (χ3v) is 13.2. The first-order valence-electron chi connectivity index (χ1n) is 20.3. The van der Waals surface area contributed by atoms with E-state index in [0.29, 0.717) is 10.9 Å². The molecule has 2 N–H and O–H groups in total. The van der Waals surface area contributed by atoms with E-state index in [9.17, 15) is 14.7 Å². The van der Waals surface area contributed by atoms with Crippen LogP contribution in [-0.4, -0.2) is 21.7 Å². The summed E-state index contributed by atoms with van der Waals surface area (Å²) in [6, 6.07) is 15.9. The third-order valence-electron chi connectivity index (χ3n) is 13.2. The van der Waals surface area contributed by atoms with E-state index in [1.165, 1.54) is 49.7 Å². The predicted octanol–water partition coefficient (Wildman–Crippen LogP) is 11.6. The number of hydrogen-bond acceptors (Lipinski definition) is 3. The van der Waals surface area contributed by atoms with Crippen LogP contribution in [0.5, 0.6) is 0 Å². The molecule has 1 unspecified atom stereocenters. The second-order valence-electron chi connectivity index (χ2n) is 21.3. The molecule has 0 radical (unpaired) electrons. The molecule has 9 rings (SSSR count). The van der Waals surface area contributed by atoms with Gasteiger partial charge in [-0.25, -0.2) is 0 Å². The number of rotatable bonds is 1. The number of aromatic nitrogens is 1. The maximum Gasteiger partial charge on any atom is 0.239 e. The van der Waals surface area contributed by atoms with Crippen molar-refractivity contribution in [3.63, 3.8) is 0 Å². The van der Waals surface area contributed by atoms with Crippen LogP contribution in [0.2, 0.25) is 0 Å². The molecule has 1 aromatic heterocycles. The van der Waals surface area contributed by atoms with E-state index in [4.69, 9.17) is 0 Å². The highest BCUT2D eigenvalue weighted by atomic mass is 16.3. The van der Waals surface area contributed by atoms with Gasteiger partial charge in [0.05, 0.1) is 16.8 Å². The minimum atomic E-state index is -0.657. The first kappa shape index (κ1) is 36.7. The maximum absolute atomic E-state index is 14.5. The second-order valence-corrected chi connectivity index (χ2v) is 21.3. The Morgan fingerprint density at radius 3 is 1.77 bits per heavy atom. The normalized spacial score (nSPS) is 18.7. The Bertz CT molecular complexity index is 2960. The number of nitrogens with one attached hydrogen (secondary N) is 1. The number of aryl methyl sites for hydroxylation is 2. The Hall–Kier alpha value is -4.96. The highest BCUT2D eigenvalue weighted by molar-refractivity contribution is 6.70. The van der Waals surface area contributed by atoms with Crippen molar-refractivity contribution in [3.05, 3.63) is 126 Å². The number of carbonyl (C=O) groups excluding carboxylic acids is 2. The number of aromatic amines is 1. The molecule has 5 aliphatic rings. The molecule has 4 heteroatoms. The zero-order valence-corrected chi connectivity index (χ0v) is 35.7. The SMILES string of the molecule is Cc1[nH]c(C2=C(O)/C(=c3\cc(C)c4c5cc(C(C)(C)C)cc6cc(C(C)(C)C)cc(c3=4)c65)C(=O)C2=O)c2c1-c1cc(C(C)(C)C)cc3c1C2C=C(C(C)(C)C)C3. The monoisotopic (exact) mass is 741 g/mol. The van der Waals surface area contributed by atoms with E-state index in [2.05, 4.69) is 144 Å². The summed E-state index contributed by atoms with van der Waals surface area (Å²) in [7, 11) is 0. The molecule has 0 aliphatic heterocycles. The summed E-state index contributed by atoms with van der Waals surface area (Å²) in [4.78, 5) is 32.6. The zero-order valence-electron chi connectivity index (χ0n) is 35.7. The van der Waals surface area contributed by atoms with Crippen LogP contribution in [0.4, 0.5) is 0 Å². The average Bonchev–Trinajstić information content (AvgIpc) is 3.84. The molecule has 0 saturated heterocycles. The molecule has 0 spiro atoms. The summed E-state index contributed by atoms with van der Waals surface area (Å²) >= 11 is 0. The Balaban J connectivity index is 1.37. The van der Waals surface area contributed by atoms with Crippen LogP contribution in [-0.2, 0) is 32.3 Å². The Morgan fingerprint density at radius 2 is 1.20 bits per heavy atom. The first-order chi connectivity index (χ1) is 25.9. The fraction of sp³-hybridized carbons (Fsp3) is 0.385. The molecular weight excluding hydrogens is 687 g/mol. The lowest BCUT2D eigenvalue weighted by molar-refractivity contribution is -0.129. The van der Waals surface area contributed by atoms with Crippen molar-refractivity contribution in [1.82, 2.24) is 4.98 Å². The van der Waals surface area contributed by atoms with Crippen molar-refractivity contribution in [3.8, 4) is 11.1 Å². The van der Waals surface area contributed by atoms with Crippen LogP contribution in [0, 0.1) is 29.7 Å². The fourth-order valence-electron chi connectivity index (χ4n) is 10.00. The van der Waals surface area contributed by atoms with Crippen molar-refractivity contribution in [2.45, 2.75) is 126 Å². The highest BCUT2D eigenvalue weighted by Gasteiger charge is 2.45. The van der Waals surface area contributed by atoms with Crippen molar-refractivity contribution >= 4 is 44.3 Å². The number of aliphatic hydroxyl groups is 1. The van der Waals surface area contributed by atoms with E-state index >= 15 is 0 Å². The van der Waals surface area contributed by atoms with Crippen LogP contribution in [0.3, 0.4) is 0 Å². The van der Waals surface area contributed by atoms with Crippen LogP contribution in [0.15, 0.2) is 59.9 Å². The minimum absolute atomic E-state index is 0.0533. The van der Waals surface area contributed by atoms with Gasteiger partial charge in [0.1, 0.15) is 5.76 Å². The first-order valence-corrected chi connectivity index (χ1v) is 20.3. The predicted molar refractivity (Wildman–Crippen MR) is 231 cm³/mol. The summed E-state index contributed by atoms with van der Waals surface area (Å²) in [5.74, 6) is -1.63. The molecule has 5 aliphatic carbocycles. The number of hydrogen-bond donors (Lipinski definition) is 2. The number of carbonyl (C=O) groups is 2. The van der Waals surface area contributed by atoms with Gasteiger partial charge >= 0.3 is 0 Å². The van der Waals surface area contributed by atoms with Gasteiger partial charge in [0.2, 0.25) is 11.6 Å². The number of aliphatic hydroxyl groups excluding tert-OH is 1. The molecule has 4 nitrogen and oxygen atoms in total. The quantitative estimate of drug-likeness (QED) is 0.130. The molecule has 286 valence electrons. The molecule has 0 amide bonds. The summed E-state index contributed by atoms with van der Waals surface area (Å²) in [6.07, 6.45) is 3.27. The number of ketones is 2. The van der Waals surface area contributed by atoms with Gasteiger partial charge in [-0.2, -0.15) is 0 Å². The molecule has 1 heterocycles. The number of H-pyrrole nitrogens is 1. The van der Waals surface area contributed by atoms with Crippen LogP contribution >= 0.6 is 0 Å². The summed E-state index contributed by atoms with van der Waals surface area (Å²) in [6.45, 7) is 31.1. The van der Waals surface area contributed by atoms with Crippen molar-refractivity contribution < 1.29 is 14.7 Å². The second kappa shape index (κ2) is 11.1. The van der Waals surface area contributed by atoms with E-state index < -0.39 is 11.6 Å². The number of benzene rings is 3. The lowest BCUT2D eigenvalue weighted by Crippen LogP contribution is -2.20. The van der Waals surface area contributed by atoms with Gasteiger partial charge in [-0.05, 0) is 142 Å². The molecule has 56 heavy (non-hydrogen) atoms. The summed E-state index contributed by atoms with van der Waals surface area (Å²) in [5, 5.41) is 19.7. The average molecular weight is 742 g/mol. The van der Waals surface area contributed by atoms with Gasteiger partial charge in [0.15, 0.2) is 0 Å². The topological polar surface area (TPSA) is 70.2 Å². The fourth-order valence-corrected chi connectivity index (χ4v) is 10.00. The minimum Gasteiger partial charge on any atom is -0.506 e. The largest absolute Gasteiger partial charge is 0.506 e. The molecule has 1 atom stereocenters. The van der Waals surface area contributed by atoms with E-state index in [1.807, 2.05) is 6.07 Å². The molecular formula is C52H55NO3. The Labute approximate surface area is 330 Å². The lowest BCUT2D eigenvalue weighted by Gasteiger charge is -2.32. The van der Waals surface area contributed by atoms with Gasteiger partial charge in [-0.3, -0.25) is 9.59 Å². The van der Waals surface area contributed by atoms with Gasteiger partial charge in [0, 0.05) is 17.2 Å². The van der Waals surface area contributed by atoms with Crippen LogP contribution < -0.4 is 5.22 Å². The molecule has 0 fully saturated rings. The summed E-state index contributed by atoms with van der Waals surface area (Å²) in [5.41, 5.74) is 13.4. The molecule has 0 saturated carbocycles. The number of fused-ring (bicyclic) bond motifs is 5. The number of Topliss-reactive ketones (excluding diaryl/α,β-unsaturated/α-hetero) is 2. The van der Waals surface area contributed by atoms with Crippen molar-refractivity contribution in [1.29, 1.82) is 0 Å². The molecule has 4 aromatic rings. The van der Waals surface area contributed by atoms with Crippen molar-refractivity contribution in [2.24, 2.45) is 5.41 Å². The smallest absolute Gasteiger partial charge is 0.239 e. The number of allylic oxidation sites excluding steroid dienone is 4. The van der Waals surface area contributed by atoms with Gasteiger partial charge in [-0.1, -0.05) is 119 Å². The Morgan fingerprint density at radius 1 is 0.643 bits per heavy atom. The van der Waals surface area contributed by atoms with E-state index in [0.717, 1.165) is 50.0 Å². The third kappa shape index (κ3) is 4.96. The van der Waals surface area contributed by atoms with Crippen LogP contribution in [0.25, 0.3) is 43.8 Å². The Kier molecular flexibility index (Phi) is 7.28. The molecule has 3 aromatic carbocycles.